The molecule has 1 fully saturated rings. The number of rotatable bonds is 1. The molecule has 117 valence electrons. The maximum atomic E-state index is 10.6. The zero-order valence-corrected chi connectivity index (χ0v) is 14.0. The van der Waals surface area contributed by atoms with Gasteiger partial charge < -0.3 is 19.5 Å². The molecule has 0 saturated carbocycles. The average molecular weight is 306 g/mol. The third-order valence-electron chi connectivity index (χ3n) is 6.35. The molecule has 0 aromatic heterocycles. The maximum Gasteiger partial charge on any atom is 0.165 e. The van der Waals surface area contributed by atoms with E-state index in [4.69, 9.17) is 9.47 Å². The maximum absolute atomic E-state index is 10.6. The van der Waals surface area contributed by atoms with Crippen LogP contribution in [0, 0.1) is 5.92 Å². The van der Waals surface area contributed by atoms with Crippen molar-refractivity contribution in [2.45, 2.75) is 36.5 Å². The summed E-state index contributed by atoms with van der Waals surface area (Å²) in [6.07, 6.45) is 5.54. The number of methoxy groups -OCH3 is 1. The van der Waals surface area contributed by atoms with Crippen molar-refractivity contribution in [3.63, 3.8) is 0 Å². The first kappa shape index (κ1) is 15.6. The summed E-state index contributed by atoms with van der Waals surface area (Å²) in [5.74, 6) is 2.09. The van der Waals surface area contributed by atoms with Gasteiger partial charge in [-0.1, -0.05) is 18.2 Å². The van der Waals surface area contributed by atoms with Crippen LogP contribution in [0.15, 0.2) is 24.3 Å². The topological polar surface area (TPSA) is 41.9 Å². The molecule has 23 heavy (non-hydrogen) atoms. The van der Waals surface area contributed by atoms with Gasteiger partial charge in [0.05, 0.1) is 7.11 Å². The fourth-order valence-corrected chi connectivity index (χ4v) is 5.39. The first-order valence-corrected chi connectivity index (χ1v) is 8.10. The van der Waals surface area contributed by atoms with Crippen LogP contribution < -0.4 is 9.47 Å². The second-order valence-electron chi connectivity index (χ2n) is 7.11. The van der Waals surface area contributed by atoms with Gasteiger partial charge in [-0.2, -0.15) is 0 Å². The summed E-state index contributed by atoms with van der Waals surface area (Å²) < 4.78 is 11.8. The molecule has 2 aliphatic heterocycles. The van der Waals surface area contributed by atoms with Crippen molar-refractivity contribution in [2.75, 3.05) is 20.7 Å². The average Bonchev–Trinajstić information content (AvgIpc) is 2.88. The summed E-state index contributed by atoms with van der Waals surface area (Å²) in [6, 6.07) is 4.70. The fourth-order valence-electron chi connectivity index (χ4n) is 5.39. The Bertz CT molecular complexity index is 691. The third kappa shape index (κ3) is 1.70. The summed E-state index contributed by atoms with van der Waals surface area (Å²) >= 11 is 0. The number of nitrogens with zero attached hydrogens (tertiary/aromatic N) is 1. The van der Waals surface area contributed by atoms with Gasteiger partial charge in [0.1, 0.15) is 12.2 Å². The number of aliphatic hydroxyl groups is 1. The largest absolute Gasteiger partial charge is 0.493 e. The molecule has 4 nitrogen and oxygen atoms in total. The molecule has 1 spiro atoms. The first-order valence-electron chi connectivity index (χ1n) is 8.10. The molecule has 1 aromatic carbocycles. The van der Waals surface area contributed by atoms with Crippen molar-refractivity contribution in [1.82, 2.24) is 4.90 Å². The molecular weight excluding hydrogens is 285 g/mol. The number of likely N-dealkylation sites (tertiary alicyclic amines) is 1. The van der Waals surface area contributed by atoms with E-state index < -0.39 is 6.10 Å². The van der Waals surface area contributed by atoms with Crippen molar-refractivity contribution in [1.29, 1.82) is 0 Å². The van der Waals surface area contributed by atoms with Crippen molar-refractivity contribution < 1.29 is 14.6 Å². The monoisotopic (exact) mass is 306 g/mol. The molecule has 1 radical (unpaired) electrons. The predicted octanol–water partition coefficient (Wildman–Crippen LogP) is 1.12. The smallest absolute Gasteiger partial charge is 0.165 e. The van der Waals surface area contributed by atoms with E-state index in [2.05, 4.69) is 24.1 Å². The second-order valence-corrected chi connectivity index (χ2v) is 7.11. The van der Waals surface area contributed by atoms with Crippen LogP contribution in [0.25, 0.3) is 0 Å². The van der Waals surface area contributed by atoms with Gasteiger partial charge >= 0.3 is 0 Å². The Balaban J connectivity index is 0.00000135. The Labute approximate surface area is 148 Å². The Morgan fingerprint density at radius 3 is 2.96 bits per heavy atom. The van der Waals surface area contributed by atoms with Crippen LogP contribution in [0.2, 0.25) is 0 Å². The van der Waals surface area contributed by atoms with E-state index in [0.717, 1.165) is 30.9 Å². The molecule has 1 aromatic rings. The van der Waals surface area contributed by atoms with Crippen molar-refractivity contribution >= 4 is 18.9 Å². The molecule has 1 saturated heterocycles. The minimum Gasteiger partial charge on any atom is -0.493 e. The van der Waals surface area contributed by atoms with E-state index in [0.29, 0.717) is 12.0 Å². The van der Waals surface area contributed by atoms with Crippen molar-refractivity contribution in [3.8, 4) is 11.5 Å². The van der Waals surface area contributed by atoms with E-state index in [9.17, 15) is 5.11 Å². The first-order chi connectivity index (χ1) is 10.7. The summed E-state index contributed by atoms with van der Waals surface area (Å²) in [7, 11) is 3.91. The van der Waals surface area contributed by atoms with Crippen molar-refractivity contribution in [3.05, 3.63) is 35.4 Å². The summed E-state index contributed by atoms with van der Waals surface area (Å²) in [5, 5.41) is 10.6. The minimum absolute atomic E-state index is 0. The Morgan fingerprint density at radius 1 is 1.35 bits per heavy atom. The van der Waals surface area contributed by atoms with Crippen LogP contribution in [-0.2, 0) is 11.8 Å². The standard InChI is InChI=1S/C18H21NO3.Li/c1-19-8-7-18-11-4-5-13(20)17(18)22-16-14(21-2)6-3-10(15(16)18)9-12(11)19;/h3-6,11-13,17,20H,7-9H2,1-2H3;/t11-,12+,13-,17-,18-;/m0./s1. The van der Waals surface area contributed by atoms with E-state index in [1.165, 1.54) is 11.1 Å². The molecule has 2 aliphatic carbocycles. The number of aliphatic hydroxyl groups excluding tert-OH is 1. The van der Waals surface area contributed by atoms with E-state index >= 15 is 0 Å². The van der Waals surface area contributed by atoms with Crippen LogP contribution in [0.4, 0.5) is 0 Å². The molecule has 2 bridgehead atoms. The zero-order chi connectivity index (χ0) is 15.1. The molecule has 5 heteroatoms. The van der Waals surface area contributed by atoms with E-state index in [1.54, 1.807) is 7.11 Å². The van der Waals surface area contributed by atoms with Gasteiger partial charge in [-0.15, -0.1) is 0 Å². The quantitative estimate of drug-likeness (QED) is 0.624. The zero-order valence-electron chi connectivity index (χ0n) is 14.0. The van der Waals surface area contributed by atoms with E-state index in [1.807, 2.05) is 12.1 Å². The SMILES string of the molecule is COc1ccc2c3c1O[C@H]1[C@@H](O)C=C[C@H]4[C@@H](C2)N(C)CC[C@@]341.[Li]. The Morgan fingerprint density at radius 2 is 2.17 bits per heavy atom. The van der Waals surface area contributed by atoms with Crippen LogP contribution in [-0.4, -0.2) is 67.8 Å². The molecular formula is C18H21LiNO3. The van der Waals surface area contributed by atoms with Gasteiger partial charge in [0.2, 0.25) is 0 Å². The summed E-state index contributed by atoms with van der Waals surface area (Å²) in [4.78, 5) is 2.47. The Kier molecular flexibility index (Phi) is 3.41. The number of piperidine rings is 1. The Hall–Kier alpha value is -0.923. The molecule has 2 heterocycles. The van der Waals surface area contributed by atoms with Gasteiger partial charge in [0, 0.05) is 41.8 Å². The van der Waals surface area contributed by atoms with Crippen LogP contribution in [0.1, 0.15) is 17.5 Å². The summed E-state index contributed by atoms with van der Waals surface area (Å²) in [6.45, 7) is 1.05. The van der Waals surface area contributed by atoms with Gasteiger partial charge in [-0.05, 0) is 38.1 Å². The molecule has 4 aliphatic rings. The van der Waals surface area contributed by atoms with Crippen LogP contribution in [0.3, 0.4) is 0 Å². The fraction of sp³-hybridized carbons (Fsp3) is 0.556. The summed E-state index contributed by atoms with van der Waals surface area (Å²) in [5.41, 5.74) is 2.60. The van der Waals surface area contributed by atoms with E-state index in [-0.39, 0.29) is 30.4 Å². The molecule has 5 rings (SSSR count). The van der Waals surface area contributed by atoms with Crippen LogP contribution >= 0.6 is 0 Å². The molecule has 5 atom stereocenters. The number of hydrogen-bond donors (Lipinski definition) is 1. The molecule has 0 amide bonds. The number of benzene rings is 1. The van der Waals surface area contributed by atoms with Crippen LogP contribution in [0.5, 0.6) is 11.5 Å². The number of ether oxygens (including phenoxy) is 2. The predicted molar refractivity (Wildman–Crippen MR) is 88.2 cm³/mol. The third-order valence-corrected chi connectivity index (χ3v) is 6.35. The normalized spacial score (nSPS) is 39.3. The van der Waals surface area contributed by atoms with Gasteiger partial charge in [-0.25, -0.2) is 0 Å². The number of likely N-dealkylation sites (N-methyl/N-ethyl adjacent to an activating group) is 1. The van der Waals surface area contributed by atoms with Gasteiger partial charge in [-0.3, -0.25) is 0 Å². The van der Waals surface area contributed by atoms with Crippen molar-refractivity contribution in [2.24, 2.45) is 5.92 Å². The molecule has 0 unspecified atom stereocenters. The van der Waals surface area contributed by atoms with Gasteiger partial charge in [0.15, 0.2) is 11.5 Å². The minimum atomic E-state index is -0.539. The molecule has 1 N–H and O–H groups in total. The number of hydrogen-bond acceptors (Lipinski definition) is 4. The van der Waals surface area contributed by atoms with Gasteiger partial charge in [0.25, 0.3) is 0 Å². The second kappa shape index (κ2) is 5.04.